The van der Waals surface area contributed by atoms with Crippen LogP contribution in [-0.2, 0) is 48.4 Å². The topological polar surface area (TPSA) is 130 Å². The van der Waals surface area contributed by atoms with Gasteiger partial charge in [0.25, 0.3) is 0 Å². The Kier molecular flexibility index (Phi) is 12.1. The average molecular weight is 881 g/mol. The largest absolute Gasteiger partial charge is 0.524 e. The van der Waals surface area contributed by atoms with Gasteiger partial charge in [-0.25, -0.2) is 23.0 Å². The molecule has 1 aliphatic heterocycles. The smallest absolute Gasteiger partial charge is 0.464 e. The number of hydrogen-bond donors (Lipinski definition) is 3. The fourth-order valence-electron chi connectivity index (χ4n) is 7.40. The monoisotopic (exact) mass is 880 g/mol. The highest BCUT2D eigenvalue weighted by Crippen LogP contribution is 2.48. The molecule has 0 spiro atoms. The minimum atomic E-state index is -5.04. The maximum Gasteiger partial charge on any atom is 0.524 e. The van der Waals surface area contributed by atoms with Crippen LogP contribution in [0, 0.1) is 5.82 Å². The predicted molar refractivity (Wildman–Crippen MR) is 209 cm³/mol. The van der Waals surface area contributed by atoms with E-state index in [0.29, 0.717) is 46.8 Å². The normalized spacial score (nSPS) is 14.2. The fourth-order valence-corrected chi connectivity index (χ4v) is 8.04. The Morgan fingerprint density at radius 2 is 1.55 bits per heavy atom. The van der Waals surface area contributed by atoms with Crippen molar-refractivity contribution in [2.24, 2.45) is 0 Å². The summed E-state index contributed by atoms with van der Waals surface area (Å²) in [5.41, 5.74) is 0.630. The van der Waals surface area contributed by atoms with Crippen LogP contribution >= 0.6 is 19.4 Å². The van der Waals surface area contributed by atoms with E-state index in [1.807, 2.05) is 32.0 Å². The molecule has 0 radical (unpaired) electrons. The Hall–Kier alpha value is -5.19. The molecule has 4 aromatic carbocycles. The Morgan fingerprint density at radius 3 is 2.12 bits per heavy atom. The van der Waals surface area contributed by atoms with Crippen molar-refractivity contribution in [3.05, 3.63) is 135 Å². The van der Waals surface area contributed by atoms with Gasteiger partial charge in [-0.2, -0.15) is 31.4 Å². The van der Waals surface area contributed by atoms with Crippen molar-refractivity contribution in [2.75, 3.05) is 0 Å². The van der Waals surface area contributed by atoms with Crippen molar-refractivity contribution in [2.45, 2.75) is 71.5 Å². The van der Waals surface area contributed by atoms with Crippen LogP contribution in [0.25, 0.3) is 27.8 Å². The maximum atomic E-state index is 15.2. The summed E-state index contributed by atoms with van der Waals surface area (Å²) >= 11 is 5.56. The molecular weight excluding hydrogens is 844 g/mol. The van der Waals surface area contributed by atoms with Crippen molar-refractivity contribution < 1.29 is 59.5 Å². The SMILES string of the molecule is CCc1cccc(CC)c1-n1nc2c(c1-c1ccc(F)c3c1ccn3C(=O)O)CN(Cc1ccc(C(F)(F)F)cc1C(F)(F)F)C2(C)C.O=P(O)(O)Oc1ccccc1Cl. The van der Waals surface area contributed by atoms with Crippen LogP contribution in [0.4, 0.5) is 35.5 Å². The first-order valence-electron chi connectivity index (χ1n) is 18.3. The number of phosphoric acid groups is 1. The van der Waals surface area contributed by atoms with Gasteiger partial charge in [0.05, 0.1) is 44.3 Å². The van der Waals surface area contributed by atoms with Crippen molar-refractivity contribution in [1.29, 1.82) is 0 Å². The summed E-state index contributed by atoms with van der Waals surface area (Å²) in [6.07, 6.45) is -8.83. The van der Waals surface area contributed by atoms with Gasteiger partial charge in [0.1, 0.15) is 11.6 Å². The zero-order chi connectivity index (χ0) is 44.1. The summed E-state index contributed by atoms with van der Waals surface area (Å²) in [6, 6.07) is 17.8. The molecule has 2 aromatic heterocycles. The molecule has 1 aliphatic rings. The lowest BCUT2D eigenvalue weighted by Gasteiger charge is -2.33. The van der Waals surface area contributed by atoms with Gasteiger partial charge >= 0.3 is 26.3 Å². The number of phosphoric ester groups is 1. The number of nitrogens with zero attached hydrogens (tertiary/aromatic N) is 4. The number of hydrogen-bond acceptors (Lipinski definition) is 5. The van der Waals surface area contributed by atoms with Crippen LogP contribution in [0.15, 0.2) is 85.1 Å². The van der Waals surface area contributed by atoms with Crippen LogP contribution in [0.3, 0.4) is 0 Å². The highest BCUT2D eigenvalue weighted by molar-refractivity contribution is 7.46. The third kappa shape index (κ3) is 8.68. The molecular formula is C41H37ClF7N4O6P. The Morgan fingerprint density at radius 1 is 0.900 bits per heavy atom. The van der Waals surface area contributed by atoms with Crippen molar-refractivity contribution in [1.82, 2.24) is 19.2 Å². The molecule has 0 fully saturated rings. The van der Waals surface area contributed by atoms with E-state index in [4.69, 9.17) is 26.5 Å². The van der Waals surface area contributed by atoms with Crippen LogP contribution in [0.2, 0.25) is 5.02 Å². The van der Waals surface area contributed by atoms with E-state index in [1.54, 1.807) is 35.6 Å². The van der Waals surface area contributed by atoms with E-state index in [-0.39, 0.29) is 41.0 Å². The van der Waals surface area contributed by atoms with Gasteiger partial charge in [-0.15, -0.1) is 0 Å². The summed E-state index contributed by atoms with van der Waals surface area (Å²) in [6.45, 7) is 7.27. The Bertz CT molecular complexity index is 2630. The van der Waals surface area contributed by atoms with Gasteiger partial charge in [0, 0.05) is 35.8 Å². The Labute approximate surface area is 343 Å². The lowest BCUT2D eigenvalue weighted by Crippen LogP contribution is -2.36. The van der Waals surface area contributed by atoms with E-state index in [1.165, 1.54) is 36.5 Å². The third-order valence-corrected chi connectivity index (χ3v) is 11.0. The summed E-state index contributed by atoms with van der Waals surface area (Å²) in [7, 11) is -4.50. The standard InChI is InChI=1S/C35H31F7N4O2.C6H6ClO4P/c1-5-19-8-7-9-20(6-2)28(19)46-29(23-12-13-27(36)30-24(23)14-15-45(30)32(47)48)25-18-44(33(3,4)31(25)43-46)17-21-10-11-22(34(37,38)39)16-26(21)35(40,41)42;7-5-3-1-2-4-6(5)11-12(8,9)10/h7-16H,5-6,17-18H2,1-4H3,(H,47,48);1-4H,(H2,8,9,10). The number of carbonyl (C=O) groups is 1. The Balaban J connectivity index is 0.000000433. The maximum absolute atomic E-state index is 15.2. The van der Waals surface area contributed by atoms with Gasteiger partial charge in [-0.3, -0.25) is 14.7 Å². The zero-order valence-corrected chi connectivity index (χ0v) is 33.9. The van der Waals surface area contributed by atoms with Gasteiger partial charge < -0.3 is 9.63 Å². The summed E-state index contributed by atoms with van der Waals surface area (Å²) < 4.78 is 115. The number of fused-ring (bicyclic) bond motifs is 2. The van der Waals surface area contributed by atoms with Crippen LogP contribution < -0.4 is 4.52 Å². The molecule has 0 saturated heterocycles. The number of aromatic nitrogens is 3. The number of aryl methyl sites for hydroxylation is 2. The predicted octanol–water partition coefficient (Wildman–Crippen LogP) is 11.4. The molecule has 60 heavy (non-hydrogen) atoms. The minimum absolute atomic E-state index is 0.0208. The summed E-state index contributed by atoms with van der Waals surface area (Å²) in [4.78, 5) is 30.5. The van der Waals surface area contributed by atoms with E-state index >= 15 is 4.39 Å². The van der Waals surface area contributed by atoms with E-state index < -0.39 is 48.8 Å². The second-order valence-corrected chi connectivity index (χ2v) is 15.9. The lowest BCUT2D eigenvalue weighted by molar-refractivity contribution is -0.143. The van der Waals surface area contributed by atoms with Crippen LogP contribution in [-0.4, -0.2) is 40.2 Å². The second-order valence-electron chi connectivity index (χ2n) is 14.3. The lowest BCUT2D eigenvalue weighted by atomic mass is 9.96. The van der Waals surface area contributed by atoms with Gasteiger partial charge in [0.15, 0.2) is 0 Å². The molecule has 0 saturated carbocycles. The highest BCUT2D eigenvalue weighted by Gasteiger charge is 2.45. The zero-order valence-electron chi connectivity index (χ0n) is 32.2. The van der Waals surface area contributed by atoms with E-state index in [9.17, 15) is 40.8 Å². The van der Waals surface area contributed by atoms with Crippen LogP contribution in [0.5, 0.6) is 5.75 Å². The molecule has 0 amide bonds. The summed E-state index contributed by atoms with van der Waals surface area (Å²) in [5.74, 6) is -0.775. The number of benzene rings is 4. The molecule has 0 atom stereocenters. The molecule has 3 N–H and O–H groups in total. The minimum Gasteiger partial charge on any atom is -0.464 e. The van der Waals surface area contributed by atoms with Crippen molar-refractivity contribution >= 4 is 36.4 Å². The number of alkyl halides is 6. The first-order valence-corrected chi connectivity index (χ1v) is 20.2. The molecule has 0 unspecified atom stereocenters. The number of halogens is 8. The first-order chi connectivity index (χ1) is 28.0. The summed E-state index contributed by atoms with van der Waals surface area (Å²) in [5, 5.41) is 15.3. The molecule has 19 heteroatoms. The first kappa shape index (κ1) is 44.4. The van der Waals surface area contributed by atoms with Crippen LogP contribution in [0.1, 0.15) is 66.8 Å². The molecule has 3 heterocycles. The number of rotatable bonds is 8. The molecule has 0 bridgehead atoms. The highest BCUT2D eigenvalue weighted by atomic mass is 35.5. The van der Waals surface area contributed by atoms with Crippen molar-refractivity contribution in [3.63, 3.8) is 0 Å². The number of carboxylic acid groups (broad SMARTS) is 1. The second kappa shape index (κ2) is 16.3. The van der Waals surface area contributed by atoms with Gasteiger partial charge in [0.2, 0.25) is 0 Å². The molecule has 10 nitrogen and oxygen atoms in total. The number of para-hydroxylation sites is 2. The molecule has 7 rings (SSSR count). The molecule has 0 aliphatic carbocycles. The van der Waals surface area contributed by atoms with Gasteiger partial charge in [-0.05, 0) is 85.8 Å². The van der Waals surface area contributed by atoms with Gasteiger partial charge in [-0.1, -0.05) is 61.8 Å². The average Bonchev–Trinajstić information content (AvgIpc) is 3.84. The molecule has 318 valence electrons. The third-order valence-electron chi connectivity index (χ3n) is 10.3. The molecule has 6 aromatic rings. The van der Waals surface area contributed by atoms with Crippen molar-refractivity contribution in [3.8, 4) is 22.7 Å². The van der Waals surface area contributed by atoms with E-state index in [2.05, 4.69) is 4.52 Å². The quantitative estimate of drug-likeness (QED) is 0.102. The van der Waals surface area contributed by atoms with E-state index in [0.717, 1.165) is 27.4 Å². The fraction of sp³-hybridized carbons (Fsp3) is 0.268.